The van der Waals surface area contributed by atoms with Gasteiger partial charge in [0.1, 0.15) is 24.3 Å². The van der Waals surface area contributed by atoms with E-state index in [0.717, 1.165) is 0 Å². The highest BCUT2D eigenvalue weighted by molar-refractivity contribution is 6.27. The molecule has 0 fully saturated rings. The van der Waals surface area contributed by atoms with Gasteiger partial charge in [-0.2, -0.15) is 0 Å². The van der Waals surface area contributed by atoms with Crippen LogP contribution in [0, 0.1) is 0 Å². The van der Waals surface area contributed by atoms with Crippen molar-refractivity contribution in [3.63, 3.8) is 0 Å². The van der Waals surface area contributed by atoms with Crippen LogP contribution in [-0.2, 0) is 4.79 Å². The first kappa shape index (κ1) is 11.0. The van der Waals surface area contributed by atoms with Crippen molar-refractivity contribution < 1.29 is 14.3 Å². The van der Waals surface area contributed by atoms with Crippen LogP contribution < -0.4 is 10.1 Å². The molecule has 0 bridgehead atoms. The maximum atomic E-state index is 11.9. The van der Waals surface area contributed by atoms with Crippen molar-refractivity contribution in [2.75, 3.05) is 12.5 Å². The van der Waals surface area contributed by atoms with Gasteiger partial charge in [0.15, 0.2) is 5.78 Å². The zero-order valence-corrected chi connectivity index (χ0v) is 9.16. The number of ketones is 1. The number of hydrogen-bond acceptors (Lipinski definition) is 3. The lowest BCUT2D eigenvalue weighted by Crippen LogP contribution is -2.47. The first-order chi connectivity index (χ1) is 7.72. The minimum Gasteiger partial charge on any atom is -0.490 e. The molecule has 4 nitrogen and oxygen atoms in total. The van der Waals surface area contributed by atoms with Crippen LogP contribution in [0.15, 0.2) is 24.3 Å². The maximum Gasteiger partial charge on any atom is 0.235 e. The van der Waals surface area contributed by atoms with E-state index in [1.165, 1.54) is 0 Å². The van der Waals surface area contributed by atoms with Crippen LogP contribution in [0.4, 0.5) is 0 Å². The van der Waals surface area contributed by atoms with Crippen molar-refractivity contribution in [1.29, 1.82) is 0 Å². The molecule has 0 saturated heterocycles. The molecule has 84 valence electrons. The van der Waals surface area contributed by atoms with E-state index in [0.29, 0.717) is 11.3 Å². The summed E-state index contributed by atoms with van der Waals surface area (Å²) in [7, 11) is 0. The van der Waals surface area contributed by atoms with E-state index in [9.17, 15) is 9.59 Å². The standard InChI is InChI=1S/C11H10ClNO3/c12-5-10(14)13-8-6-16-9-4-2-1-3-7(9)11(8)15/h1-4,8H,5-6H2,(H,13,14). The molecule has 1 aliphatic heterocycles. The quantitative estimate of drug-likeness (QED) is 0.783. The van der Waals surface area contributed by atoms with E-state index in [-0.39, 0.29) is 24.2 Å². The third-order valence-corrected chi connectivity index (χ3v) is 2.57. The second-order valence-corrected chi connectivity index (χ2v) is 3.69. The lowest BCUT2D eigenvalue weighted by atomic mass is 10.0. The molecule has 0 aliphatic carbocycles. The van der Waals surface area contributed by atoms with Gasteiger partial charge in [0.25, 0.3) is 0 Å². The average molecular weight is 240 g/mol. The van der Waals surface area contributed by atoms with Crippen LogP contribution in [0.5, 0.6) is 5.75 Å². The predicted molar refractivity (Wildman–Crippen MR) is 58.9 cm³/mol. The summed E-state index contributed by atoms with van der Waals surface area (Å²) in [4.78, 5) is 23.0. The largest absolute Gasteiger partial charge is 0.490 e. The van der Waals surface area contributed by atoms with Gasteiger partial charge in [0.2, 0.25) is 5.91 Å². The number of amides is 1. The first-order valence-electron chi connectivity index (χ1n) is 4.83. The fraction of sp³-hybridized carbons (Fsp3) is 0.273. The van der Waals surface area contributed by atoms with Gasteiger partial charge >= 0.3 is 0 Å². The second kappa shape index (κ2) is 4.53. The monoisotopic (exact) mass is 239 g/mol. The molecule has 1 heterocycles. The molecule has 2 rings (SSSR count). The predicted octanol–water partition coefficient (Wildman–Crippen LogP) is 0.985. The summed E-state index contributed by atoms with van der Waals surface area (Å²) < 4.78 is 5.37. The van der Waals surface area contributed by atoms with Crippen LogP contribution in [0.2, 0.25) is 0 Å². The van der Waals surface area contributed by atoms with Crippen molar-refractivity contribution in [2.45, 2.75) is 6.04 Å². The van der Waals surface area contributed by atoms with Crippen molar-refractivity contribution in [2.24, 2.45) is 0 Å². The molecule has 0 spiro atoms. The number of hydrogen-bond donors (Lipinski definition) is 1. The number of para-hydroxylation sites is 1. The molecule has 1 atom stereocenters. The lowest BCUT2D eigenvalue weighted by molar-refractivity contribution is -0.119. The fourth-order valence-corrected chi connectivity index (χ4v) is 1.65. The zero-order chi connectivity index (χ0) is 11.5. The van der Waals surface area contributed by atoms with Gasteiger partial charge in [0, 0.05) is 0 Å². The number of benzene rings is 1. The number of Topliss-reactive ketones (excluding diaryl/α,β-unsaturated/α-hetero) is 1. The van der Waals surface area contributed by atoms with Crippen molar-refractivity contribution in [3.05, 3.63) is 29.8 Å². The van der Waals surface area contributed by atoms with Crippen molar-refractivity contribution in [3.8, 4) is 5.75 Å². The summed E-state index contributed by atoms with van der Waals surface area (Å²) in [6.45, 7) is 0.151. The molecule has 1 N–H and O–H groups in total. The fourth-order valence-electron chi connectivity index (χ4n) is 1.57. The molecule has 0 saturated carbocycles. The van der Waals surface area contributed by atoms with Gasteiger partial charge in [-0.25, -0.2) is 0 Å². The SMILES string of the molecule is O=C(CCl)NC1COc2ccccc2C1=O. The zero-order valence-electron chi connectivity index (χ0n) is 8.40. The van der Waals surface area contributed by atoms with Crippen molar-refractivity contribution >= 4 is 23.3 Å². The number of alkyl halides is 1. The van der Waals surface area contributed by atoms with E-state index in [4.69, 9.17) is 16.3 Å². The van der Waals surface area contributed by atoms with Gasteiger partial charge in [-0.15, -0.1) is 11.6 Å². The molecular weight excluding hydrogens is 230 g/mol. The first-order valence-corrected chi connectivity index (χ1v) is 5.37. The normalized spacial score (nSPS) is 18.6. The third kappa shape index (κ3) is 2.02. The van der Waals surface area contributed by atoms with Gasteiger partial charge in [0.05, 0.1) is 5.56 Å². The molecule has 16 heavy (non-hydrogen) atoms. The van der Waals surface area contributed by atoms with E-state index >= 15 is 0 Å². The summed E-state index contributed by atoms with van der Waals surface area (Å²) in [5.41, 5.74) is 0.494. The Morgan fingerprint density at radius 2 is 2.25 bits per heavy atom. The minimum atomic E-state index is -0.638. The number of ether oxygens (including phenoxy) is 1. The number of halogens is 1. The molecule has 1 aromatic rings. The molecule has 1 aliphatic rings. The summed E-state index contributed by atoms with van der Waals surface area (Å²) >= 11 is 5.35. The molecule has 1 aromatic carbocycles. The average Bonchev–Trinajstić information content (AvgIpc) is 2.33. The molecule has 1 unspecified atom stereocenters. The number of carbonyl (C=O) groups excluding carboxylic acids is 2. The molecule has 5 heteroatoms. The molecule has 0 aromatic heterocycles. The Kier molecular flexibility index (Phi) is 3.10. The van der Waals surface area contributed by atoms with E-state index < -0.39 is 6.04 Å². The highest BCUT2D eigenvalue weighted by atomic mass is 35.5. The number of fused-ring (bicyclic) bond motifs is 1. The third-order valence-electron chi connectivity index (χ3n) is 2.33. The van der Waals surface area contributed by atoms with Gasteiger partial charge < -0.3 is 10.1 Å². The highest BCUT2D eigenvalue weighted by Gasteiger charge is 2.29. The van der Waals surface area contributed by atoms with Crippen LogP contribution in [0.3, 0.4) is 0 Å². The smallest absolute Gasteiger partial charge is 0.235 e. The number of rotatable bonds is 2. The molecule has 0 radical (unpaired) electrons. The van der Waals surface area contributed by atoms with Gasteiger partial charge in [-0.1, -0.05) is 12.1 Å². The Labute approximate surface area is 97.5 Å². The number of carbonyl (C=O) groups is 2. The molecular formula is C11H10ClNO3. The van der Waals surface area contributed by atoms with E-state index in [1.807, 2.05) is 0 Å². The van der Waals surface area contributed by atoms with Crippen molar-refractivity contribution in [1.82, 2.24) is 5.32 Å². The summed E-state index contributed by atoms with van der Waals surface area (Å²) in [5.74, 6) is -0.113. The van der Waals surface area contributed by atoms with Gasteiger partial charge in [-0.05, 0) is 12.1 Å². The summed E-state index contributed by atoms with van der Waals surface area (Å²) in [6, 6.07) is 6.32. The van der Waals surface area contributed by atoms with Crippen LogP contribution in [0.1, 0.15) is 10.4 Å². The Morgan fingerprint density at radius 3 is 3.00 bits per heavy atom. The van der Waals surface area contributed by atoms with Crippen LogP contribution >= 0.6 is 11.6 Å². The van der Waals surface area contributed by atoms with Crippen LogP contribution in [0.25, 0.3) is 0 Å². The Bertz CT molecular complexity index is 433. The highest BCUT2D eigenvalue weighted by Crippen LogP contribution is 2.23. The summed E-state index contributed by atoms with van der Waals surface area (Å²) in [6.07, 6.45) is 0. The van der Waals surface area contributed by atoms with E-state index in [2.05, 4.69) is 5.32 Å². The van der Waals surface area contributed by atoms with Gasteiger partial charge in [-0.3, -0.25) is 9.59 Å². The Balaban J connectivity index is 2.18. The molecule has 1 amide bonds. The lowest BCUT2D eigenvalue weighted by Gasteiger charge is -2.24. The summed E-state index contributed by atoms with van der Waals surface area (Å²) in [5, 5.41) is 2.51. The topological polar surface area (TPSA) is 55.4 Å². The van der Waals surface area contributed by atoms with E-state index in [1.54, 1.807) is 24.3 Å². The second-order valence-electron chi connectivity index (χ2n) is 3.43. The Morgan fingerprint density at radius 1 is 1.50 bits per heavy atom. The number of nitrogens with one attached hydrogen (secondary N) is 1. The Hall–Kier alpha value is -1.55. The maximum absolute atomic E-state index is 11.9. The van der Waals surface area contributed by atoms with Crippen LogP contribution in [-0.4, -0.2) is 30.2 Å². The minimum absolute atomic E-state index is 0.139.